The summed E-state index contributed by atoms with van der Waals surface area (Å²) in [4.78, 5) is 0. The van der Waals surface area contributed by atoms with E-state index in [0.717, 1.165) is 6.42 Å². The van der Waals surface area contributed by atoms with Gasteiger partial charge in [-0.15, -0.1) is 0 Å². The molecule has 0 radical (unpaired) electrons. The molecular weight excluding hydrogens is 301 g/mol. The molecule has 2 atom stereocenters. The van der Waals surface area contributed by atoms with Gasteiger partial charge in [-0.05, 0) is 33.1 Å². The molecule has 15 heavy (non-hydrogen) atoms. The molecule has 0 aromatic rings. The van der Waals surface area contributed by atoms with Crippen molar-refractivity contribution in [3.8, 4) is 0 Å². The number of rotatable bonds is 6. The van der Waals surface area contributed by atoms with Crippen molar-refractivity contribution in [3.05, 3.63) is 0 Å². The maximum Gasteiger partial charge on any atom is 2.00 e. The van der Waals surface area contributed by atoms with Crippen LogP contribution in [-0.2, 0) is 52.6 Å². The first-order valence-corrected chi connectivity index (χ1v) is 8.56. The predicted octanol–water partition coefficient (Wildman–Crippen LogP) is 3.63. The number of hydrogen-bond acceptors (Lipinski definition) is 4. The standard InChI is InChI=1S/C9H21O2PS2.Zn/c1-7(2)6-9(5)11-12(13,14)10-8(3)4;/h7-9H,6H2,1-5H3,(H,13,14);/q;+2/p-1. The van der Waals surface area contributed by atoms with Gasteiger partial charge in [0.15, 0.2) is 0 Å². The van der Waals surface area contributed by atoms with Crippen molar-refractivity contribution < 1.29 is 28.5 Å². The molecule has 0 aromatic carbocycles. The summed E-state index contributed by atoms with van der Waals surface area (Å²) in [7, 11) is 0. The zero-order valence-corrected chi connectivity index (χ0v) is 15.7. The van der Waals surface area contributed by atoms with Crippen LogP contribution < -0.4 is 0 Å². The van der Waals surface area contributed by atoms with Crippen LogP contribution in [0.5, 0.6) is 0 Å². The van der Waals surface area contributed by atoms with Crippen molar-refractivity contribution in [1.29, 1.82) is 0 Å². The van der Waals surface area contributed by atoms with E-state index in [-0.39, 0.29) is 31.7 Å². The second kappa shape index (κ2) is 8.61. The minimum Gasteiger partial charge on any atom is -0.691 e. The average Bonchev–Trinajstić information content (AvgIpc) is 1.77. The summed E-state index contributed by atoms with van der Waals surface area (Å²) in [5.74, 6) is 0.592. The van der Waals surface area contributed by atoms with Gasteiger partial charge in [0.05, 0.1) is 17.9 Å². The van der Waals surface area contributed by atoms with E-state index in [2.05, 4.69) is 13.8 Å². The van der Waals surface area contributed by atoms with E-state index in [1.807, 2.05) is 20.8 Å². The van der Waals surface area contributed by atoms with Crippen LogP contribution in [0.15, 0.2) is 0 Å². The van der Waals surface area contributed by atoms with Crippen LogP contribution in [0.3, 0.4) is 0 Å². The van der Waals surface area contributed by atoms with Crippen molar-refractivity contribution in [2.75, 3.05) is 0 Å². The average molecular weight is 321 g/mol. The van der Waals surface area contributed by atoms with Crippen LogP contribution in [0.25, 0.3) is 0 Å². The quantitative estimate of drug-likeness (QED) is 0.422. The van der Waals surface area contributed by atoms with Crippen molar-refractivity contribution in [3.63, 3.8) is 0 Å². The Balaban J connectivity index is 0. The molecule has 0 aromatic heterocycles. The van der Waals surface area contributed by atoms with Crippen molar-refractivity contribution in [1.82, 2.24) is 0 Å². The first kappa shape index (κ1) is 18.9. The molecule has 0 heterocycles. The van der Waals surface area contributed by atoms with Crippen LogP contribution in [0.1, 0.15) is 41.0 Å². The van der Waals surface area contributed by atoms with E-state index < -0.39 is 5.69 Å². The van der Waals surface area contributed by atoms with Crippen molar-refractivity contribution in [2.45, 2.75) is 53.2 Å². The monoisotopic (exact) mass is 319 g/mol. The molecule has 0 saturated heterocycles. The molecule has 2 nitrogen and oxygen atoms in total. The van der Waals surface area contributed by atoms with Gasteiger partial charge in [0.1, 0.15) is 0 Å². The second-order valence-electron chi connectivity index (χ2n) is 4.15. The Morgan fingerprint density at radius 2 is 1.60 bits per heavy atom. The molecule has 0 fully saturated rings. The summed E-state index contributed by atoms with van der Waals surface area (Å²) >= 11 is 10.3. The van der Waals surface area contributed by atoms with Crippen LogP contribution in [0, 0.1) is 5.92 Å². The van der Waals surface area contributed by atoms with E-state index >= 15 is 0 Å². The molecule has 2 unspecified atom stereocenters. The SMILES string of the molecule is CC(C)CC(C)OP(=S)([S-])OC(C)C.[Zn+2]. The van der Waals surface area contributed by atoms with E-state index in [1.54, 1.807) is 0 Å². The molecule has 86 valence electrons. The Hall–Kier alpha value is 1.54. The fourth-order valence-corrected chi connectivity index (χ4v) is 4.22. The smallest absolute Gasteiger partial charge is 0.691 e. The van der Waals surface area contributed by atoms with Crippen molar-refractivity contribution >= 4 is 29.7 Å². The third-order valence-electron chi connectivity index (χ3n) is 1.45. The van der Waals surface area contributed by atoms with Gasteiger partial charge < -0.3 is 21.3 Å². The van der Waals surface area contributed by atoms with Gasteiger partial charge in [0.25, 0.3) is 0 Å². The van der Waals surface area contributed by atoms with Crippen LogP contribution in [0.4, 0.5) is 0 Å². The molecule has 0 aliphatic rings. The summed E-state index contributed by atoms with van der Waals surface area (Å²) in [6, 6.07) is 0. The fraction of sp³-hybridized carbons (Fsp3) is 1.00. The van der Waals surface area contributed by atoms with E-state index in [1.165, 1.54) is 0 Å². The first-order valence-electron chi connectivity index (χ1n) is 4.90. The minimum absolute atomic E-state index is 0. The third-order valence-corrected chi connectivity index (χ3v) is 3.78. The molecule has 0 bridgehead atoms. The van der Waals surface area contributed by atoms with Gasteiger partial charge in [-0.2, -0.15) is 0 Å². The summed E-state index contributed by atoms with van der Waals surface area (Å²) in [6.07, 6.45) is 1.11. The summed E-state index contributed by atoms with van der Waals surface area (Å²) in [6.45, 7) is 10.1. The van der Waals surface area contributed by atoms with Gasteiger partial charge in [-0.1, -0.05) is 25.7 Å². The number of hydrogen-bond donors (Lipinski definition) is 0. The van der Waals surface area contributed by atoms with Gasteiger partial charge >= 0.3 is 19.5 Å². The van der Waals surface area contributed by atoms with E-state index in [4.69, 9.17) is 33.1 Å². The zero-order valence-electron chi connectivity index (χ0n) is 10.2. The fourth-order valence-electron chi connectivity index (χ4n) is 1.21. The normalized spacial score (nSPS) is 17.3. The third kappa shape index (κ3) is 11.8. The maximum atomic E-state index is 5.58. The summed E-state index contributed by atoms with van der Waals surface area (Å²) in [5.41, 5.74) is -2.44. The molecule has 0 aliphatic carbocycles. The van der Waals surface area contributed by atoms with Gasteiger partial charge in [0, 0.05) is 0 Å². The molecule has 6 heteroatoms. The zero-order chi connectivity index (χ0) is 11.4. The molecular formula is C9H20O2PS2Zn+. The Kier molecular flexibility index (Phi) is 10.8. The second-order valence-corrected chi connectivity index (χ2v) is 9.04. The van der Waals surface area contributed by atoms with Gasteiger partial charge in [-0.25, -0.2) is 0 Å². The Labute approximate surface area is 117 Å². The van der Waals surface area contributed by atoms with E-state index in [0.29, 0.717) is 5.92 Å². The van der Waals surface area contributed by atoms with Crippen molar-refractivity contribution in [2.24, 2.45) is 5.92 Å². The Morgan fingerprint density at radius 3 is 1.93 bits per heavy atom. The molecule has 0 N–H and O–H groups in total. The summed E-state index contributed by atoms with van der Waals surface area (Å²) < 4.78 is 11.0. The predicted molar refractivity (Wildman–Crippen MR) is 67.9 cm³/mol. The molecule has 0 saturated carbocycles. The van der Waals surface area contributed by atoms with Crippen LogP contribution >= 0.6 is 5.69 Å². The minimum atomic E-state index is -2.44. The largest absolute Gasteiger partial charge is 2.00 e. The Bertz CT molecular complexity index is 212. The van der Waals surface area contributed by atoms with Gasteiger partial charge in [-0.3, -0.25) is 0 Å². The van der Waals surface area contributed by atoms with E-state index in [9.17, 15) is 0 Å². The molecule has 0 rings (SSSR count). The summed E-state index contributed by atoms with van der Waals surface area (Å²) in [5, 5.41) is 0. The topological polar surface area (TPSA) is 18.5 Å². The van der Waals surface area contributed by atoms with Crippen LogP contribution in [0.2, 0.25) is 0 Å². The maximum absolute atomic E-state index is 5.58. The van der Waals surface area contributed by atoms with Crippen LogP contribution in [-0.4, -0.2) is 12.2 Å². The molecule has 0 spiro atoms. The van der Waals surface area contributed by atoms with Gasteiger partial charge in [0.2, 0.25) is 0 Å². The Morgan fingerprint density at radius 1 is 1.13 bits per heavy atom. The molecule has 0 aliphatic heterocycles. The first-order chi connectivity index (χ1) is 6.23. The molecule has 0 amide bonds.